The molecular formula is C25H24O12. The fraction of sp³-hybridized carbons (Fsp3) is 0.240. The van der Waals surface area contributed by atoms with Crippen LogP contribution in [0, 0.1) is 0 Å². The summed E-state index contributed by atoms with van der Waals surface area (Å²) in [7, 11) is 0. The second-order valence-electron chi connectivity index (χ2n) is 8.35. The van der Waals surface area contributed by atoms with Gasteiger partial charge in [-0.1, -0.05) is 12.1 Å². The summed E-state index contributed by atoms with van der Waals surface area (Å²) in [5.41, 5.74) is -1.84. The molecule has 1 aliphatic carbocycles. The van der Waals surface area contributed by atoms with Crippen LogP contribution in [0.3, 0.4) is 0 Å². The van der Waals surface area contributed by atoms with Crippen LogP contribution in [0.4, 0.5) is 0 Å². The van der Waals surface area contributed by atoms with Gasteiger partial charge in [-0.3, -0.25) is 0 Å². The normalized spacial score (nSPS) is 23.7. The fourth-order valence-electron chi connectivity index (χ4n) is 3.62. The van der Waals surface area contributed by atoms with E-state index in [2.05, 4.69) is 0 Å². The van der Waals surface area contributed by atoms with E-state index in [1.807, 2.05) is 0 Å². The van der Waals surface area contributed by atoms with Crippen LogP contribution < -0.4 is 0 Å². The number of hydrogen-bond acceptors (Lipinski definition) is 11. The Labute approximate surface area is 209 Å². The van der Waals surface area contributed by atoms with E-state index in [-0.39, 0.29) is 11.5 Å². The van der Waals surface area contributed by atoms with Crippen LogP contribution in [0.25, 0.3) is 12.2 Å². The largest absolute Gasteiger partial charge is 0.504 e. The van der Waals surface area contributed by atoms with Crippen molar-refractivity contribution in [2.45, 2.75) is 36.8 Å². The van der Waals surface area contributed by atoms with E-state index in [9.17, 15) is 50.1 Å². The first-order valence-corrected chi connectivity index (χ1v) is 10.8. The molecule has 0 aliphatic heterocycles. The molecule has 196 valence electrons. The van der Waals surface area contributed by atoms with E-state index in [1.165, 1.54) is 48.6 Å². The summed E-state index contributed by atoms with van der Waals surface area (Å²) < 4.78 is 10.2. The van der Waals surface area contributed by atoms with Gasteiger partial charge in [0.15, 0.2) is 28.6 Å². The SMILES string of the molecule is O=C(/C=C/c1ccc(O)c(O)c1)OC1CC(O)(C(=O)O)C[C@H](OC(=O)/C=C/c2ccc(O)c(O)c2)C1O. The Morgan fingerprint density at radius 3 is 1.51 bits per heavy atom. The van der Waals surface area contributed by atoms with Crippen LogP contribution in [0.2, 0.25) is 0 Å². The minimum Gasteiger partial charge on any atom is -0.504 e. The molecule has 0 amide bonds. The predicted molar refractivity (Wildman–Crippen MR) is 125 cm³/mol. The standard InChI is InChI=1S/C25H24O12/c26-15-5-1-13(9-17(15)28)3-7-21(30)36-19-11-25(35,24(33)34)12-20(23(19)32)37-22(31)8-4-14-2-6-16(27)18(29)10-14/h1-10,19-20,23,26-29,32,35H,11-12H2,(H,33,34)/b7-3+,8-4+/t19-,20?,23?,25?/m0/s1. The zero-order valence-electron chi connectivity index (χ0n) is 19.1. The van der Waals surface area contributed by atoms with Crippen LogP contribution in [0.5, 0.6) is 23.0 Å². The Kier molecular flexibility index (Phi) is 8.05. The second-order valence-corrected chi connectivity index (χ2v) is 8.35. The number of esters is 2. The number of rotatable bonds is 7. The van der Waals surface area contributed by atoms with Crippen LogP contribution in [-0.4, -0.2) is 77.6 Å². The molecule has 0 spiro atoms. The smallest absolute Gasteiger partial charge is 0.335 e. The number of phenolic OH excluding ortho intramolecular Hbond substituents is 4. The third kappa shape index (κ3) is 6.78. The molecule has 12 heteroatoms. The third-order valence-corrected chi connectivity index (χ3v) is 5.60. The van der Waals surface area contributed by atoms with E-state index in [1.54, 1.807) is 0 Å². The van der Waals surface area contributed by atoms with Gasteiger partial charge in [-0.2, -0.15) is 0 Å². The molecule has 3 rings (SSSR count). The topological polar surface area (TPSA) is 211 Å². The molecule has 0 bridgehead atoms. The molecule has 0 aromatic heterocycles. The average Bonchev–Trinajstić information content (AvgIpc) is 2.83. The third-order valence-electron chi connectivity index (χ3n) is 5.60. The lowest BCUT2D eigenvalue weighted by Crippen LogP contribution is -2.58. The van der Waals surface area contributed by atoms with E-state index in [0.29, 0.717) is 11.1 Å². The summed E-state index contributed by atoms with van der Waals surface area (Å²) in [6.07, 6.45) is -1.86. The summed E-state index contributed by atoms with van der Waals surface area (Å²) in [4.78, 5) is 36.2. The Hall–Kier alpha value is -4.55. The number of benzene rings is 2. The van der Waals surface area contributed by atoms with Crippen LogP contribution >= 0.6 is 0 Å². The second kappa shape index (κ2) is 11.0. The van der Waals surface area contributed by atoms with Crippen molar-refractivity contribution in [1.82, 2.24) is 0 Å². The van der Waals surface area contributed by atoms with Crippen molar-refractivity contribution in [3.05, 3.63) is 59.7 Å². The fourth-order valence-corrected chi connectivity index (χ4v) is 3.62. The number of phenols is 4. The van der Waals surface area contributed by atoms with E-state index >= 15 is 0 Å². The molecule has 4 atom stereocenters. The maximum Gasteiger partial charge on any atom is 0.335 e. The number of aliphatic hydroxyl groups excluding tert-OH is 1. The molecule has 12 nitrogen and oxygen atoms in total. The summed E-state index contributed by atoms with van der Waals surface area (Å²) in [5, 5.41) is 68.3. The van der Waals surface area contributed by atoms with E-state index in [0.717, 1.165) is 12.2 Å². The molecule has 2 aromatic rings. The highest BCUT2D eigenvalue weighted by atomic mass is 16.6. The van der Waals surface area contributed by atoms with Crippen molar-refractivity contribution < 1.29 is 59.6 Å². The number of carbonyl (C=O) groups excluding carboxylic acids is 2. The van der Waals surface area contributed by atoms with Crippen molar-refractivity contribution >= 4 is 30.1 Å². The van der Waals surface area contributed by atoms with Crippen molar-refractivity contribution in [3.8, 4) is 23.0 Å². The molecule has 1 fully saturated rings. The molecule has 2 aromatic carbocycles. The summed E-state index contributed by atoms with van der Waals surface area (Å²) in [6, 6.07) is 7.49. The van der Waals surface area contributed by atoms with E-state index < -0.39 is 66.2 Å². The molecule has 0 heterocycles. The lowest BCUT2D eigenvalue weighted by Gasteiger charge is -2.40. The highest BCUT2D eigenvalue weighted by Crippen LogP contribution is 2.33. The number of aliphatic hydroxyl groups is 2. The van der Waals surface area contributed by atoms with Gasteiger partial charge in [0.2, 0.25) is 0 Å². The summed E-state index contributed by atoms with van der Waals surface area (Å²) in [6.45, 7) is 0. The van der Waals surface area contributed by atoms with Gasteiger partial charge < -0.3 is 45.2 Å². The molecule has 0 radical (unpaired) electrons. The average molecular weight is 516 g/mol. The Morgan fingerprint density at radius 2 is 1.16 bits per heavy atom. The van der Waals surface area contributed by atoms with Crippen molar-refractivity contribution in [2.75, 3.05) is 0 Å². The van der Waals surface area contributed by atoms with Crippen molar-refractivity contribution in [3.63, 3.8) is 0 Å². The number of aromatic hydroxyl groups is 4. The number of carboxylic acids is 1. The Bertz CT molecular complexity index is 1160. The van der Waals surface area contributed by atoms with Crippen molar-refractivity contribution in [2.24, 2.45) is 0 Å². The number of ether oxygens (including phenoxy) is 2. The van der Waals surface area contributed by atoms with Gasteiger partial charge in [0.25, 0.3) is 0 Å². The van der Waals surface area contributed by atoms with Gasteiger partial charge in [0.1, 0.15) is 18.3 Å². The molecule has 7 N–H and O–H groups in total. The summed E-state index contributed by atoms with van der Waals surface area (Å²) >= 11 is 0. The molecule has 0 saturated heterocycles. The van der Waals surface area contributed by atoms with Gasteiger partial charge in [-0.05, 0) is 47.5 Å². The minimum absolute atomic E-state index is 0.319. The summed E-state index contributed by atoms with van der Waals surface area (Å²) in [5.74, 6) is -5.31. The van der Waals surface area contributed by atoms with Gasteiger partial charge in [0.05, 0.1) is 0 Å². The molecular weight excluding hydrogens is 492 g/mol. The van der Waals surface area contributed by atoms with Gasteiger partial charge in [-0.15, -0.1) is 0 Å². The number of hydrogen-bond donors (Lipinski definition) is 7. The maximum absolute atomic E-state index is 12.3. The first-order chi connectivity index (χ1) is 17.4. The Balaban J connectivity index is 1.71. The zero-order chi connectivity index (χ0) is 27.3. The highest BCUT2D eigenvalue weighted by molar-refractivity contribution is 5.88. The van der Waals surface area contributed by atoms with Gasteiger partial charge in [0, 0.05) is 25.0 Å². The highest BCUT2D eigenvalue weighted by Gasteiger charge is 2.52. The molecule has 37 heavy (non-hydrogen) atoms. The lowest BCUT2D eigenvalue weighted by atomic mass is 9.79. The van der Waals surface area contributed by atoms with Crippen molar-refractivity contribution in [1.29, 1.82) is 0 Å². The van der Waals surface area contributed by atoms with Crippen LogP contribution in [0.1, 0.15) is 24.0 Å². The number of aliphatic carboxylic acids is 1. The monoisotopic (exact) mass is 516 g/mol. The first kappa shape index (κ1) is 27.0. The van der Waals surface area contributed by atoms with Gasteiger partial charge in [-0.25, -0.2) is 14.4 Å². The zero-order valence-corrected chi connectivity index (χ0v) is 19.1. The molecule has 1 aliphatic rings. The van der Waals surface area contributed by atoms with Crippen LogP contribution in [0.15, 0.2) is 48.6 Å². The first-order valence-electron chi connectivity index (χ1n) is 10.8. The molecule has 1 saturated carbocycles. The Morgan fingerprint density at radius 1 is 0.757 bits per heavy atom. The molecule has 3 unspecified atom stereocenters. The number of carboxylic acid groups (broad SMARTS) is 1. The maximum atomic E-state index is 12.3. The van der Waals surface area contributed by atoms with Gasteiger partial charge >= 0.3 is 17.9 Å². The lowest BCUT2D eigenvalue weighted by molar-refractivity contribution is -0.203. The van der Waals surface area contributed by atoms with Crippen LogP contribution in [-0.2, 0) is 23.9 Å². The van der Waals surface area contributed by atoms with E-state index in [4.69, 9.17) is 9.47 Å². The predicted octanol–water partition coefficient (Wildman–Crippen LogP) is 1.03. The quantitative estimate of drug-likeness (QED) is 0.156. The minimum atomic E-state index is -2.48. The number of carbonyl (C=O) groups is 3.